The summed E-state index contributed by atoms with van der Waals surface area (Å²) in [6.45, 7) is 7.51. The molecule has 0 fully saturated rings. The normalized spacial score (nSPS) is 11.9. The van der Waals surface area contributed by atoms with Crippen molar-refractivity contribution < 1.29 is 10.0 Å². The molecule has 2 aromatic rings. The van der Waals surface area contributed by atoms with Crippen LogP contribution in [0.15, 0.2) is 30.6 Å². The van der Waals surface area contributed by atoms with Gasteiger partial charge in [-0.2, -0.15) is 0 Å². The topological polar surface area (TPSA) is 70.4 Å². The summed E-state index contributed by atoms with van der Waals surface area (Å²) < 4.78 is 2.16. The number of benzene rings is 1. The lowest BCUT2D eigenvalue weighted by atomic mass is 10.0. The molecule has 136 valence electrons. The van der Waals surface area contributed by atoms with Gasteiger partial charge in [0.25, 0.3) is 5.91 Å². The molecule has 1 amide bonds. The van der Waals surface area contributed by atoms with Gasteiger partial charge in [0.1, 0.15) is 0 Å². The van der Waals surface area contributed by atoms with E-state index in [1.807, 2.05) is 24.5 Å². The van der Waals surface area contributed by atoms with Crippen molar-refractivity contribution >= 4 is 23.0 Å². The van der Waals surface area contributed by atoms with Crippen molar-refractivity contribution in [2.24, 2.45) is 5.92 Å². The van der Waals surface area contributed by atoms with Gasteiger partial charge in [0.05, 0.1) is 17.4 Å². The zero-order chi connectivity index (χ0) is 18.2. The molecule has 1 aromatic heterocycles. The fourth-order valence-electron chi connectivity index (χ4n) is 2.93. The summed E-state index contributed by atoms with van der Waals surface area (Å²) in [6, 6.07) is 5.89. The second-order valence-corrected chi connectivity index (χ2v) is 6.44. The summed E-state index contributed by atoms with van der Waals surface area (Å²) in [5.41, 5.74) is 4.42. The van der Waals surface area contributed by atoms with E-state index in [1.54, 1.807) is 11.6 Å². The van der Waals surface area contributed by atoms with E-state index in [9.17, 15) is 4.79 Å². The zero-order valence-electron chi connectivity index (χ0n) is 15.3. The molecule has 6 heteroatoms. The van der Waals surface area contributed by atoms with Gasteiger partial charge in [0, 0.05) is 25.7 Å². The quantitative estimate of drug-likeness (QED) is 0.417. The highest BCUT2D eigenvalue weighted by atomic mass is 16.5. The number of hydroxylamine groups is 1. The van der Waals surface area contributed by atoms with Crippen molar-refractivity contribution in [1.29, 1.82) is 0 Å². The maximum absolute atomic E-state index is 11.0. The van der Waals surface area contributed by atoms with Crippen molar-refractivity contribution in [2.75, 3.05) is 20.1 Å². The first-order chi connectivity index (χ1) is 12.1. The van der Waals surface area contributed by atoms with Crippen LogP contribution in [-0.4, -0.2) is 45.7 Å². The van der Waals surface area contributed by atoms with Gasteiger partial charge in [-0.15, -0.1) is 0 Å². The minimum atomic E-state index is -0.550. The number of carbonyl (C=O) groups excluding carboxylic acids is 1. The molecule has 0 atom stereocenters. The van der Waals surface area contributed by atoms with Gasteiger partial charge in [-0.25, -0.2) is 10.5 Å². The SMILES string of the molecule is CCC(CC)CN(C)CCn1cnc2cc(C=CC(=O)NO)ccc21. The number of hydrogen-bond donors (Lipinski definition) is 2. The molecule has 6 nitrogen and oxygen atoms in total. The number of carbonyl (C=O) groups is 1. The van der Waals surface area contributed by atoms with Gasteiger partial charge in [0.2, 0.25) is 0 Å². The molecular formula is C19H28N4O2. The third-order valence-corrected chi connectivity index (χ3v) is 4.63. The number of nitrogens with one attached hydrogen (secondary N) is 1. The van der Waals surface area contributed by atoms with Crippen LogP contribution in [0.3, 0.4) is 0 Å². The van der Waals surface area contributed by atoms with Crippen LogP contribution in [0.5, 0.6) is 0 Å². The highest BCUT2D eigenvalue weighted by molar-refractivity contribution is 5.91. The Kier molecular flexibility index (Phi) is 7.16. The maximum atomic E-state index is 11.0. The molecular weight excluding hydrogens is 316 g/mol. The molecule has 1 aromatic carbocycles. The summed E-state index contributed by atoms with van der Waals surface area (Å²) >= 11 is 0. The summed E-state index contributed by atoms with van der Waals surface area (Å²) in [6.07, 6.45) is 7.24. The number of aromatic nitrogens is 2. The van der Waals surface area contributed by atoms with Crippen LogP contribution in [-0.2, 0) is 11.3 Å². The van der Waals surface area contributed by atoms with Gasteiger partial charge in [0.15, 0.2) is 0 Å². The Morgan fingerprint density at radius 2 is 2.16 bits per heavy atom. The van der Waals surface area contributed by atoms with Gasteiger partial charge in [-0.05, 0) is 36.7 Å². The maximum Gasteiger partial charge on any atom is 0.267 e. The molecule has 0 spiro atoms. The van der Waals surface area contributed by atoms with E-state index in [-0.39, 0.29) is 0 Å². The number of hydrogen-bond acceptors (Lipinski definition) is 4. The first kappa shape index (κ1) is 19.1. The first-order valence-electron chi connectivity index (χ1n) is 8.82. The highest BCUT2D eigenvalue weighted by Gasteiger charge is 2.09. The Bertz CT molecular complexity index is 719. The Balaban J connectivity index is 2.01. The third kappa shape index (κ3) is 5.41. The van der Waals surface area contributed by atoms with Crippen LogP contribution in [0.1, 0.15) is 32.3 Å². The molecule has 0 bridgehead atoms. The molecule has 2 rings (SSSR count). The molecule has 2 N–H and O–H groups in total. The van der Waals surface area contributed by atoms with Crippen LogP contribution in [0.25, 0.3) is 17.1 Å². The lowest BCUT2D eigenvalue weighted by Gasteiger charge is -2.22. The van der Waals surface area contributed by atoms with Crippen LogP contribution >= 0.6 is 0 Å². The fraction of sp³-hybridized carbons (Fsp3) is 0.474. The van der Waals surface area contributed by atoms with Crippen LogP contribution in [0.2, 0.25) is 0 Å². The van der Waals surface area contributed by atoms with Crippen LogP contribution in [0.4, 0.5) is 0 Å². The van der Waals surface area contributed by atoms with Crippen molar-refractivity contribution in [1.82, 2.24) is 19.9 Å². The molecule has 0 unspecified atom stereocenters. The average Bonchev–Trinajstić information content (AvgIpc) is 3.04. The van der Waals surface area contributed by atoms with Gasteiger partial charge >= 0.3 is 0 Å². The standard InChI is InChI=1S/C19H28N4O2/c1-4-15(5-2)13-22(3)10-11-23-14-20-17-12-16(6-8-18(17)23)7-9-19(24)21-25/h6-9,12,14-15,25H,4-5,10-11,13H2,1-3H3,(H,21,24). The molecule has 0 saturated heterocycles. The minimum Gasteiger partial charge on any atom is -0.329 e. The molecule has 1 heterocycles. The Morgan fingerprint density at radius 3 is 2.84 bits per heavy atom. The van der Waals surface area contributed by atoms with E-state index in [4.69, 9.17) is 5.21 Å². The monoisotopic (exact) mass is 344 g/mol. The van der Waals surface area contributed by atoms with E-state index in [2.05, 4.69) is 35.3 Å². The first-order valence-corrected chi connectivity index (χ1v) is 8.82. The predicted molar refractivity (Wildman–Crippen MR) is 100 cm³/mol. The lowest BCUT2D eigenvalue weighted by molar-refractivity contribution is -0.124. The van der Waals surface area contributed by atoms with Gasteiger partial charge in [-0.3, -0.25) is 10.0 Å². The Labute approximate surface area is 149 Å². The minimum absolute atomic E-state index is 0.550. The zero-order valence-corrected chi connectivity index (χ0v) is 15.3. The van der Waals surface area contributed by atoms with Crippen molar-refractivity contribution in [2.45, 2.75) is 33.2 Å². The summed E-state index contributed by atoms with van der Waals surface area (Å²) in [5.74, 6) is 0.209. The lowest BCUT2D eigenvalue weighted by Crippen LogP contribution is -2.28. The van der Waals surface area contributed by atoms with Crippen LogP contribution in [0, 0.1) is 5.92 Å². The molecule has 0 saturated carbocycles. The van der Waals surface area contributed by atoms with Crippen molar-refractivity contribution in [3.8, 4) is 0 Å². The molecule has 0 aliphatic carbocycles. The molecule has 0 radical (unpaired) electrons. The number of imidazole rings is 1. The second kappa shape index (κ2) is 9.34. The number of rotatable bonds is 9. The molecule has 0 aliphatic heterocycles. The number of amides is 1. The van der Waals surface area contributed by atoms with Crippen molar-refractivity contribution in [3.63, 3.8) is 0 Å². The van der Waals surface area contributed by atoms with E-state index >= 15 is 0 Å². The van der Waals surface area contributed by atoms with E-state index in [0.717, 1.165) is 42.1 Å². The number of nitrogens with zero attached hydrogens (tertiary/aromatic N) is 3. The fourth-order valence-corrected chi connectivity index (χ4v) is 2.93. The van der Waals surface area contributed by atoms with Gasteiger partial charge < -0.3 is 9.47 Å². The van der Waals surface area contributed by atoms with Gasteiger partial charge in [-0.1, -0.05) is 32.8 Å². The summed E-state index contributed by atoms with van der Waals surface area (Å²) in [5, 5.41) is 8.51. The second-order valence-electron chi connectivity index (χ2n) is 6.44. The van der Waals surface area contributed by atoms with E-state index < -0.39 is 5.91 Å². The van der Waals surface area contributed by atoms with Crippen LogP contribution < -0.4 is 5.48 Å². The largest absolute Gasteiger partial charge is 0.329 e. The van der Waals surface area contributed by atoms with E-state index in [0.29, 0.717) is 0 Å². The van der Waals surface area contributed by atoms with E-state index in [1.165, 1.54) is 18.9 Å². The molecule has 25 heavy (non-hydrogen) atoms. The molecule has 0 aliphatic rings. The Hall–Kier alpha value is -2.18. The summed E-state index contributed by atoms with van der Waals surface area (Å²) in [4.78, 5) is 17.9. The average molecular weight is 344 g/mol. The van der Waals surface area contributed by atoms with Crippen molar-refractivity contribution in [3.05, 3.63) is 36.2 Å². The third-order valence-electron chi connectivity index (χ3n) is 4.63. The number of likely N-dealkylation sites (N-methyl/N-ethyl adjacent to an activating group) is 1. The smallest absolute Gasteiger partial charge is 0.267 e. The number of fused-ring (bicyclic) bond motifs is 1. The summed E-state index contributed by atoms with van der Waals surface area (Å²) in [7, 11) is 2.17. The Morgan fingerprint density at radius 1 is 1.40 bits per heavy atom. The predicted octanol–water partition coefficient (Wildman–Crippen LogP) is 2.92. The highest BCUT2D eigenvalue weighted by Crippen LogP contribution is 2.16.